The second-order valence-corrected chi connectivity index (χ2v) is 3.65. The van der Waals surface area contributed by atoms with Crippen molar-refractivity contribution in [1.29, 1.82) is 0 Å². The first-order valence-corrected chi connectivity index (χ1v) is 4.71. The Bertz CT molecular complexity index is 341. The monoisotopic (exact) mass is 176 g/mol. The van der Waals surface area contributed by atoms with Crippen LogP contribution in [0, 0.1) is 6.92 Å². The third kappa shape index (κ3) is 0.907. The maximum absolute atomic E-state index is 5.47. The van der Waals surface area contributed by atoms with Crippen molar-refractivity contribution in [3.05, 3.63) is 22.4 Å². The lowest BCUT2D eigenvalue weighted by Gasteiger charge is -2.06. The third-order valence-corrected chi connectivity index (χ3v) is 2.93. The van der Waals surface area contributed by atoms with Crippen molar-refractivity contribution in [3.63, 3.8) is 0 Å². The van der Waals surface area contributed by atoms with Gasteiger partial charge in [-0.3, -0.25) is 0 Å². The van der Waals surface area contributed by atoms with Gasteiger partial charge < -0.3 is 10.1 Å². The number of hydrogen-bond acceptors (Lipinski definition) is 3. The first-order chi connectivity index (χ1) is 6.36. The molecule has 1 aromatic heterocycles. The maximum Gasteiger partial charge on any atom is 0.217 e. The van der Waals surface area contributed by atoms with Crippen molar-refractivity contribution >= 4 is 0 Å². The van der Waals surface area contributed by atoms with Crippen LogP contribution in [0.5, 0.6) is 5.88 Å². The van der Waals surface area contributed by atoms with Crippen molar-refractivity contribution in [3.8, 4) is 5.88 Å². The molecule has 0 spiro atoms. The molecule has 0 fully saturated rings. The molecule has 3 rings (SSSR count). The summed E-state index contributed by atoms with van der Waals surface area (Å²) >= 11 is 0. The van der Waals surface area contributed by atoms with Gasteiger partial charge in [-0.2, -0.15) is 0 Å². The molecule has 0 atom stereocenters. The van der Waals surface area contributed by atoms with Crippen LogP contribution in [-0.4, -0.2) is 11.6 Å². The molecule has 0 radical (unpaired) electrons. The second-order valence-electron chi connectivity index (χ2n) is 3.65. The fraction of sp³-hybridized carbons (Fsp3) is 0.500. The molecule has 0 bridgehead atoms. The summed E-state index contributed by atoms with van der Waals surface area (Å²) in [4.78, 5) is 4.51. The van der Waals surface area contributed by atoms with Crippen LogP contribution >= 0.6 is 0 Å². The summed E-state index contributed by atoms with van der Waals surface area (Å²) in [5, 5.41) is 3.31. The Hall–Kier alpha value is -1.09. The molecule has 1 N–H and O–H groups in total. The van der Waals surface area contributed by atoms with Gasteiger partial charge in [0, 0.05) is 25.1 Å². The van der Waals surface area contributed by atoms with E-state index in [0.717, 1.165) is 32.0 Å². The van der Waals surface area contributed by atoms with Gasteiger partial charge in [-0.05, 0) is 18.1 Å². The van der Waals surface area contributed by atoms with E-state index in [0.29, 0.717) is 0 Å². The summed E-state index contributed by atoms with van der Waals surface area (Å²) in [7, 11) is 0. The first kappa shape index (κ1) is 7.33. The van der Waals surface area contributed by atoms with E-state index in [1.807, 2.05) is 0 Å². The van der Waals surface area contributed by atoms with Crippen molar-refractivity contribution < 1.29 is 4.74 Å². The minimum Gasteiger partial charge on any atom is -0.477 e. The Balaban J connectivity index is 2.26. The van der Waals surface area contributed by atoms with E-state index in [1.165, 1.54) is 22.4 Å². The molecule has 3 heteroatoms. The Morgan fingerprint density at radius 2 is 2.23 bits per heavy atom. The minimum atomic E-state index is 0.805. The summed E-state index contributed by atoms with van der Waals surface area (Å²) < 4.78 is 5.47. The van der Waals surface area contributed by atoms with Crippen LogP contribution in [0.2, 0.25) is 0 Å². The number of hydrogen-bond donors (Lipinski definition) is 1. The van der Waals surface area contributed by atoms with Crippen LogP contribution < -0.4 is 10.1 Å². The quantitative estimate of drug-likeness (QED) is 0.638. The van der Waals surface area contributed by atoms with E-state index in [-0.39, 0.29) is 0 Å². The molecule has 68 valence electrons. The Labute approximate surface area is 77.1 Å². The van der Waals surface area contributed by atoms with Gasteiger partial charge in [-0.15, -0.1) is 0 Å². The molecule has 0 aliphatic carbocycles. The van der Waals surface area contributed by atoms with E-state index in [9.17, 15) is 0 Å². The minimum absolute atomic E-state index is 0.805. The lowest BCUT2D eigenvalue weighted by Crippen LogP contribution is -2.01. The molecule has 0 amide bonds. The third-order valence-electron chi connectivity index (χ3n) is 2.93. The lowest BCUT2D eigenvalue weighted by molar-refractivity contribution is 0.344. The Kier molecular flexibility index (Phi) is 1.38. The van der Waals surface area contributed by atoms with Crippen molar-refractivity contribution in [2.75, 3.05) is 6.61 Å². The van der Waals surface area contributed by atoms with E-state index in [4.69, 9.17) is 4.74 Å². The second kappa shape index (κ2) is 2.45. The number of pyridine rings is 1. The zero-order valence-corrected chi connectivity index (χ0v) is 7.68. The lowest BCUT2D eigenvalue weighted by atomic mass is 10.0. The normalized spacial score (nSPS) is 18.2. The number of fused-ring (bicyclic) bond motifs is 2. The Morgan fingerprint density at radius 3 is 3.15 bits per heavy atom. The van der Waals surface area contributed by atoms with Gasteiger partial charge in [0.05, 0.1) is 12.3 Å². The molecular weight excluding hydrogens is 164 g/mol. The van der Waals surface area contributed by atoms with Crippen molar-refractivity contribution in [2.24, 2.45) is 0 Å². The fourth-order valence-corrected chi connectivity index (χ4v) is 2.17. The van der Waals surface area contributed by atoms with Crippen LogP contribution in [0.1, 0.15) is 22.4 Å². The average molecular weight is 176 g/mol. The van der Waals surface area contributed by atoms with Crippen LogP contribution in [0.25, 0.3) is 0 Å². The number of nitrogens with zero attached hydrogens (tertiary/aromatic N) is 1. The number of ether oxygens (including phenoxy) is 1. The molecular formula is C10H12N2O. The van der Waals surface area contributed by atoms with Gasteiger partial charge in [-0.1, -0.05) is 0 Å². The number of nitrogens with one attached hydrogen (secondary N) is 1. The smallest absolute Gasteiger partial charge is 0.217 e. The molecule has 0 unspecified atom stereocenters. The van der Waals surface area contributed by atoms with E-state index >= 15 is 0 Å². The molecule has 0 saturated heterocycles. The van der Waals surface area contributed by atoms with Crippen LogP contribution in [-0.2, 0) is 19.5 Å². The van der Waals surface area contributed by atoms with Crippen LogP contribution in [0.4, 0.5) is 0 Å². The molecule has 0 aromatic carbocycles. The van der Waals surface area contributed by atoms with Crippen molar-refractivity contribution in [1.82, 2.24) is 10.3 Å². The maximum atomic E-state index is 5.47. The highest BCUT2D eigenvalue weighted by atomic mass is 16.5. The van der Waals surface area contributed by atoms with Crippen LogP contribution in [0.3, 0.4) is 0 Å². The first-order valence-electron chi connectivity index (χ1n) is 4.71. The van der Waals surface area contributed by atoms with E-state index in [2.05, 4.69) is 17.2 Å². The Morgan fingerprint density at radius 1 is 1.31 bits per heavy atom. The highest BCUT2D eigenvalue weighted by Gasteiger charge is 2.23. The number of aromatic nitrogens is 1. The highest BCUT2D eigenvalue weighted by molar-refractivity contribution is 5.45. The molecule has 3 heterocycles. The molecule has 3 nitrogen and oxygen atoms in total. The van der Waals surface area contributed by atoms with Gasteiger partial charge in [-0.25, -0.2) is 4.98 Å². The summed E-state index contributed by atoms with van der Waals surface area (Å²) in [6.07, 6.45) is 1.03. The molecule has 0 saturated carbocycles. The predicted octanol–water partition coefficient (Wildman–Crippen LogP) is 0.928. The largest absolute Gasteiger partial charge is 0.477 e. The van der Waals surface area contributed by atoms with Gasteiger partial charge in [0.2, 0.25) is 5.88 Å². The fourth-order valence-electron chi connectivity index (χ4n) is 2.17. The summed E-state index contributed by atoms with van der Waals surface area (Å²) in [6, 6.07) is 0. The van der Waals surface area contributed by atoms with Gasteiger partial charge in [0.1, 0.15) is 0 Å². The van der Waals surface area contributed by atoms with Gasteiger partial charge >= 0.3 is 0 Å². The van der Waals surface area contributed by atoms with Crippen LogP contribution in [0.15, 0.2) is 0 Å². The summed E-state index contributed by atoms with van der Waals surface area (Å²) in [5.74, 6) is 0.875. The van der Waals surface area contributed by atoms with Gasteiger partial charge in [0.15, 0.2) is 0 Å². The predicted molar refractivity (Wildman–Crippen MR) is 48.7 cm³/mol. The topological polar surface area (TPSA) is 34.1 Å². The SMILES string of the molecule is Cc1c2c(nc3c1CCO3)CNC2. The standard InChI is InChI=1S/C10H12N2O/c1-6-7-2-3-13-10(7)12-9-5-11-4-8(6)9/h11H,2-5H2,1H3. The molecule has 2 aliphatic rings. The molecule has 2 aliphatic heterocycles. The number of rotatable bonds is 0. The van der Waals surface area contributed by atoms with E-state index < -0.39 is 0 Å². The summed E-state index contributed by atoms with van der Waals surface area (Å²) in [5.41, 5.74) is 5.28. The zero-order chi connectivity index (χ0) is 8.84. The highest BCUT2D eigenvalue weighted by Crippen LogP contribution is 2.31. The van der Waals surface area contributed by atoms with Crippen molar-refractivity contribution in [2.45, 2.75) is 26.4 Å². The molecule has 13 heavy (non-hydrogen) atoms. The van der Waals surface area contributed by atoms with E-state index in [1.54, 1.807) is 0 Å². The average Bonchev–Trinajstić information content (AvgIpc) is 2.71. The summed E-state index contributed by atoms with van der Waals surface area (Å²) in [6.45, 7) is 4.86. The van der Waals surface area contributed by atoms with Gasteiger partial charge in [0.25, 0.3) is 0 Å². The zero-order valence-electron chi connectivity index (χ0n) is 7.68. The molecule has 1 aromatic rings.